The van der Waals surface area contributed by atoms with Crippen molar-refractivity contribution in [1.29, 1.82) is 0 Å². The molecule has 0 spiro atoms. The van der Waals surface area contributed by atoms with E-state index < -0.39 is 142 Å². The highest BCUT2D eigenvalue weighted by Crippen LogP contribution is 2.36. The lowest BCUT2D eigenvalue weighted by Gasteiger charge is -2.10. The fourth-order valence-electron chi connectivity index (χ4n) is 8.35. The van der Waals surface area contributed by atoms with E-state index in [2.05, 4.69) is 23.7 Å². The lowest BCUT2D eigenvalue weighted by molar-refractivity contribution is -0.277. The zero-order valence-corrected chi connectivity index (χ0v) is 68.3. The number of alkyl halides is 22. The molecular weight excluding hydrogens is 1820 g/mol. The van der Waals surface area contributed by atoms with Crippen molar-refractivity contribution in [2.45, 2.75) is 127 Å². The van der Waals surface area contributed by atoms with Crippen LogP contribution in [-0.2, 0) is 18.5 Å². The van der Waals surface area contributed by atoms with Crippen LogP contribution in [-0.4, -0.2) is 32.3 Å². The maximum Gasteiger partial charge on any atom is 0.573 e. The fourth-order valence-corrected chi connectivity index (χ4v) is 8.70. The lowest BCUT2D eigenvalue weighted by Crippen LogP contribution is -2.19. The fraction of sp³-hybridized carbons (Fsp3) is 0.224. The van der Waals surface area contributed by atoms with Gasteiger partial charge in [-0.05, 0) is 249 Å². The van der Waals surface area contributed by atoms with Crippen molar-refractivity contribution < 1.29 is 164 Å². The Kier molecular flexibility index (Phi) is 46.1. The van der Waals surface area contributed by atoms with Crippen molar-refractivity contribution in [2.24, 2.45) is 0 Å². The van der Waals surface area contributed by atoms with Crippen LogP contribution in [0.1, 0.15) is 77.9 Å². The van der Waals surface area contributed by atoms with Gasteiger partial charge in [-0.1, -0.05) is 130 Å². The molecule has 125 heavy (non-hydrogen) atoms. The van der Waals surface area contributed by atoms with Crippen molar-refractivity contribution >= 4 is 34.8 Å². The summed E-state index contributed by atoms with van der Waals surface area (Å²) < 4.78 is 403. The van der Waals surface area contributed by atoms with Gasteiger partial charge in [0.2, 0.25) is 5.75 Å². The average Bonchev–Trinajstić information content (AvgIpc) is 0.808. The number of hydrogen-bond donors (Lipinski definition) is 0. The number of aryl methyl sites for hydroxylation is 11. The predicted molar refractivity (Wildman–Crippen MR) is 406 cm³/mol. The first-order valence-electron chi connectivity index (χ1n) is 34.3. The van der Waals surface area contributed by atoms with Crippen LogP contribution in [0.5, 0.6) is 28.7 Å². The molecule has 684 valence electrons. The molecule has 0 N–H and O–H groups in total. The SMILES string of the molecule is Cc1cc(F)c(C(F)(F)F)c(F)c1.Cc1cc(F)c(Cl)c(F)c1.Cc1cc(F)c(OC(F)(F)F)c(F)c1.Cc1ccc(C(F)(F)F)c(F)c1.Cc1ccc(C(F)(F)F)cc1.Cc1ccc(Cl)c(F)c1.Cc1ccc(Cl)cc1.Cc1ccc(OC(F)(F)F)c(F)c1.Cc1ccc(OC(F)(F)F)cc1.Cc1ccc(OC(F)F)c(F)c1.Cc1ccc(OC(F)F)cc1. The van der Waals surface area contributed by atoms with Crippen LogP contribution in [0.2, 0.25) is 15.1 Å². The molecule has 0 heterocycles. The Hall–Kier alpha value is -11.0. The number of rotatable bonds is 7. The third-order valence-electron chi connectivity index (χ3n) is 14.0. The molecule has 0 atom stereocenters. The Morgan fingerprint density at radius 2 is 0.552 bits per heavy atom. The van der Waals surface area contributed by atoms with Gasteiger partial charge in [0.25, 0.3) is 0 Å². The Bertz CT molecular complexity index is 4990. The molecule has 0 saturated heterocycles. The third kappa shape index (κ3) is 48.2. The molecule has 0 fully saturated rings. The average molecular weight is 1880 g/mol. The summed E-state index contributed by atoms with van der Waals surface area (Å²) in [5, 5.41) is 0.543. The van der Waals surface area contributed by atoms with Crippen LogP contribution in [0, 0.1) is 134 Å². The first-order valence-corrected chi connectivity index (χ1v) is 35.4. The van der Waals surface area contributed by atoms with Crippen LogP contribution in [0.25, 0.3) is 0 Å². The molecule has 0 amide bonds. The van der Waals surface area contributed by atoms with Crippen molar-refractivity contribution in [3.63, 3.8) is 0 Å². The molecule has 0 bridgehead atoms. The molecule has 40 heteroatoms. The second kappa shape index (κ2) is 51.5. The monoisotopic (exact) mass is 1880 g/mol. The summed E-state index contributed by atoms with van der Waals surface area (Å²) in [4.78, 5) is 0. The third-order valence-corrected chi connectivity index (χ3v) is 14.9. The molecule has 11 aromatic carbocycles. The first kappa shape index (κ1) is 112. The van der Waals surface area contributed by atoms with Crippen molar-refractivity contribution in [2.75, 3.05) is 0 Å². The molecule has 11 aromatic rings. The first-order chi connectivity index (χ1) is 57.2. The molecule has 0 aliphatic carbocycles. The van der Waals surface area contributed by atoms with Crippen LogP contribution < -0.4 is 23.7 Å². The van der Waals surface area contributed by atoms with E-state index in [9.17, 15) is 140 Å². The van der Waals surface area contributed by atoms with Crippen molar-refractivity contribution in [3.8, 4) is 28.7 Å². The summed E-state index contributed by atoms with van der Waals surface area (Å²) >= 11 is 16.2. The highest BCUT2D eigenvalue weighted by atomic mass is 35.5. The minimum absolute atomic E-state index is 0.114. The van der Waals surface area contributed by atoms with E-state index in [0.29, 0.717) is 34.4 Å². The van der Waals surface area contributed by atoms with E-state index in [1.807, 2.05) is 45.0 Å². The normalized spacial score (nSPS) is 10.9. The Morgan fingerprint density at radius 1 is 0.248 bits per heavy atom. The standard InChI is InChI=1S/C8H5F5O.C8H5F5.C8H6F4O.C8H6F4.2C8H7F3O.C8H7F3.C8H8F2O.C7H5ClF2.C7H6ClF.C7H7Cl/c1-4-2-5(9)7(6(10)3-4)14-8(11,12)13;1-4-2-5(9)7(6(10)3-4)8(11,12)13;1-5-2-3-7(6(9)4-5)13-8(10,11)12;1-5-2-3-6(7(9)4-5)8(10,11)12;1-6-2-4-7(5-3-6)12-8(9,10)11;1-5-2-3-7(6(9)4-5)12-8(10)11;1-6-2-4-7(5-3-6)8(9,10)11;1-6-2-4-7(5-3-6)11-8(9)10;1-4-2-5(9)7(8)6(10)3-4;1-5-2-3-6(8)7(9)4-5;1-6-2-4-7(8)5-3-6/h2-3H,1H3;2-3H,1H3;2-4H,1H3;2-4H,1H3;2-5H,1H3;2-4,8H,1H3;2-5H,1H3;2-5,8H,1H3;2-3H,1H3;2-4H,1H3;2-5H,1H3. The minimum Gasteiger partial charge on any atom is -0.435 e. The zero-order valence-electron chi connectivity index (χ0n) is 66.1. The van der Waals surface area contributed by atoms with E-state index in [1.54, 1.807) is 71.0 Å². The summed E-state index contributed by atoms with van der Waals surface area (Å²) in [6.07, 6.45) is -28.4. The topological polar surface area (TPSA) is 46.2 Å². The molecule has 0 unspecified atom stereocenters. The Labute approximate surface area is 709 Å². The molecule has 5 nitrogen and oxygen atoms in total. The summed E-state index contributed by atoms with van der Waals surface area (Å²) in [5.41, 5.74) is 3.72. The van der Waals surface area contributed by atoms with Gasteiger partial charge in [0, 0.05) is 5.02 Å². The van der Waals surface area contributed by atoms with Crippen LogP contribution in [0.3, 0.4) is 0 Å². The molecule has 0 radical (unpaired) electrons. The van der Waals surface area contributed by atoms with Gasteiger partial charge < -0.3 is 23.7 Å². The van der Waals surface area contributed by atoms with Crippen LogP contribution in [0.15, 0.2) is 206 Å². The molecule has 0 saturated carbocycles. The van der Waals surface area contributed by atoms with Gasteiger partial charge in [0.1, 0.15) is 57.0 Å². The number of ether oxygens (including phenoxy) is 5. The number of halogens is 35. The summed E-state index contributed by atoms with van der Waals surface area (Å²) in [7, 11) is 0. The summed E-state index contributed by atoms with van der Waals surface area (Å²) in [6, 6.07) is 44.7. The second-order valence-corrected chi connectivity index (χ2v) is 26.4. The minimum atomic E-state index is -5.10. The number of benzene rings is 11. The van der Waals surface area contributed by atoms with E-state index >= 15 is 0 Å². The van der Waals surface area contributed by atoms with Crippen molar-refractivity contribution in [3.05, 3.63) is 357 Å². The molecule has 11 rings (SSSR count). The molecule has 0 aliphatic heterocycles. The Morgan fingerprint density at radius 3 is 0.872 bits per heavy atom. The predicted octanol–water partition coefficient (Wildman–Crippen LogP) is 32.3. The van der Waals surface area contributed by atoms with Gasteiger partial charge in [0.05, 0.1) is 16.1 Å². The quantitative estimate of drug-likeness (QED) is 0.118. The highest BCUT2D eigenvalue weighted by Gasteiger charge is 2.39. The second-order valence-electron chi connectivity index (χ2n) is 25.2. The van der Waals surface area contributed by atoms with Gasteiger partial charge >= 0.3 is 50.8 Å². The molecular formula is C85H69Cl3F32O5. The van der Waals surface area contributed by atoms with E-state index in [1.165, 1.54) is 105 Å². The van der Waals surface area contributed by atoms with E-state index in [4.69, 9.17) is 34.8 Å². The molecule has 0 aromatic heterocycles. The lowest BCUT2D eigenvalue weighted by atomic mass is 10.1. The van der Waals surface area contributed by atoms with Crippen LogP contribution >= 0.6 is 34.8 Å². The van der Waals surface area contributed by atoms with Gasteiger partial charge in [0.15, 0.2) is 34.8 Å². The van der Waals surface area contributed by atoms with Crippen molar-refractivity contribution in [1.82, 2.24) is 0 Å². The van der Waals surface area contributed by atoms with E-state index in [-0.39, 0.29) is 33.5 Å². The zero-order chi connectivity index (χ0) is 96.2. The van der Waals surface area contributed by atoms with E-state index in [0.717, 1.165) is 81.9 Å². The van der Waals surface area contributed by atoms with Gasteiger partial charge in [-0.15, -0.1) is 39.5 Å². The van der Waals surface area contributed by atoms with Gasteiger partial charge in [-0.25, -0.2) is 43.9 Å². The van der Waals surface area contributed by atoms with Gasteiger partial charge in [-0.2, -0.15) is 57.1 Å². The van der Waals surface area contributed by atoms with Crippen LogP contribution in [0.4, 0.5) is 140 Å². The molecule has 0 aliphatic rings. The maximum absolute atomic E-state index is 12.8. The number of hydrogen-bond acceptors (Lipinski definition) is 5. The Balaban J connectivity index is 0.000000689. The smallest absolute Gasteiger partial charge is 0.435 e. The largest absolute Gasteiger partial charge is 0.573 e. The summed E-state index contributed by atoms with van der Waals surface area (Å²) in [5.74, 6) is -13.3. The highest BCUT2D eigenvalue weighted by molar-refractivity contribution is 6.31. The van der Waals surface area contributed by atoms with Gasteiger partial charge in [-0.3, -0.25) is 0 Å². The summed E-state index contributed by atoms with van der Waals surface area (Å²) in [6.45, 7) is 12.6. The maximum atomic E-state index is 12.8.